The summed E-state index contributed by atoms with van der Waals surface area (Å²) >= 11 is 0. The van der Waals surface area contributed by atoms with Gasteiger partial charge in [0.05, 0.1) is 31.3 Å². The van der Waals surface area contributed by atoms with Crippen LogP contribution in [0, 0.1) is 6.92 Å². The first kappa shape index (κ1) is 20.5. The van der Waals surface area contributed by atoms with E-state index in [4.69, 9.17) is 9.15 Å². The van der Waals surface area contributed by atoms with Gasteiger partial charge in [-0.05, 0) is 42.7 Å². The molecule has 0 spiro atoms. The van der Waals surface area contributed by atoms with E-state index >= 15 is 0 Å². The van der Waals surface area contributed by atoms with Crippen LogP contribution in [-0.2, 0) is 27.6 Å². The minimum absolute atomic E-state index is 0.0141. The first-order chi connectivity index (χ1) is 14.3. The maximum atomic E-state index is 13.3. The van der Waals surface area contributed by atoms with Gasteiger partial charge < -0.3 is 14.1 Å². The zero-order valence-electron chi connectivity index (χ0n) is 17.1. The monoisotopic (exact) mass is 427 g/mol. The van der Waals surface area contributed by atoms with Crippen LogP contribution >= 0.6 is 0 Å². The average Bonchev–Trinajstić information content (AvgIpc) is 3.28. The van der Waals surface area contributed by atoms with Crippen molar-refractivity contribution >= 4 is 26.7 Å². The fourth-order valence-corrected chi connectivity index (χ4v) is 5.69. The molecule has 1 aliphatic heterocycles. The van der Waals surface area contributed by atoms with Gasteiger partial charge in [0.2, 0.25) is 5.91 Å². The molecule has 0 unspecified atom stereocenters. The molecule has 0 N–H and O–H groups in total. The smallest absolute Gasteiger partial charge is 0.227 e. The van der Waals surface area contributed by atoms with E-state index in [0.29, 0.717) is 13.0 Å². The molecule has 30 heavy (non-hydrogen) atoms. The molecule has 158 valence electrons. The van der Waals surface area contributed by atoms with E-state index in [-0.39, 0.29) is 29.9 Å². The molecule has 1 atom stereocenters. The van der Waals surface area contributed by atoms with E-state index in [1.807, 2.05) is 49.4 Å². The average molecular weight is 428 g/mol. The van der Waals surface area contributed by atoms with Crippen molar-refractivity contribution in [3.05, 3.63) is 65.4 Å². The number of fused-ring (bicyclic) bond motifs is 1. The van der Waals surface area contributed by atoms with Gasteiger partial charge in [0, 0.05) is 23.5 Å². The molecule has 1 saturated heterocycles. The van der Waals surface area contributed by atoms with Gasteiger partial charge in [-0.2, -0.15) is 0 Å². The van der Waals surface area contributed by atoms with E-state index < -0.39 is 9.84 Å². The van der Waals surface area contributed by atoms with E-state index in [1.165, 1.54) is 0 Å². The van der Waals surface area contributed by atoms with Gasteiger partial charge in [-0.1, -0.05) is 24.3 Å². The zero-order valence-corrected chi connectivity index (χ0v) is 17.9. The molecule has 1 aromatic heterocycles. The van der Waals surface area contributed by atoms with Crippen molar-refractivity contribution in [1.29, 1.82) is 0 Å². The Hall–Kier alpha value is -2.80. The van der Waals surface area contributed by atoms with Gasteiger partial charge in [0.1, 0.15) is 11.3 Å². The molecule has 0 saturated carbocycles. The first-order valence-electron chi connectivity index (χ1n) is 9.94. The number of hydrogen-bond acceptors (Lipinski definition) is 5. The van der Waals surface area contributed by atoms with E-state index in [1.54, 1.807) is 18.3 Å². The number of rotatable bonds is 6. The SMILES string of the molecule is COc1ccc(CN(C(=O)Cc2coc3cc(C)ccc23)[C@@H]2CCS(=O)(=O)C2)cc1. The second-order valence-corrected chi connectivity index (χ2v) is 10.1. The molecule has 4 rings (SSSR count). The van der Waals surface area contributed by atoms with Gasteiger partial charge in [0.15, 0.2) is 9.84 Å². The van der Waals surface area contributed by atoms with Gasteiger partial charge in [-0.25, -0.2) is 8.42 Å². The first-order valence-corrected chi connectivity index (χ1v) is 11.8. The summed E-state index contributed by atoms with van der Waals surface area (Å²) in [7, 11) is -1.51. The van der Waals surface area contributed by atoms with Gasteiger partial charge >= 0.3 is 0 Å². The van der Waals surface area contributed by atoms with Gasteiger partial charge in [-0.15, -0.1) is 0 Å². The van der Waals surface area contributed by atoms with Crippen molar-refractivity contribution < 1.29 is 22.4 Å². The normalized spacial score (nSPS) is 17.9. The van der Waals surface area contributed by atoms with Gasteiger partial charge in [-0.3, -0.25) is 4.79 Å². The number of hydrogen-bond donors (Lipinski definition) is 0. The summed E-state index contributed by atoms with van der Waals surface area (Å²) in [5.41, 5.74) is 3.59. The molecule has 6 nitrogen and oxygen atoms in total. The zero-order chi connectivity index (χ0) is 21.3. The fourth-order valence-electron chi connectivity index (χ4n) is 3.96. The number of carbonyl (C=O) groups excluding carboxylic acids is 1. The minimum Gasteiger partial charge on any atom is -0.497 e. The highest BCUT2D eigenvalue weighted by Gasteiger charge is 2.34. The Bertz CT molecular complexity index is 1160. The van der Waals surface area contributed by atoms with Crippen LogP contribution in [0.15, 0.2) is 53.1 Å². The predicted octanol–water partition coefficient (Wildman–Crippen LogP) is 3.51. The molecular weight excluding hydrogens is 402 g/mol. The predicted molar refractivity (Wildman–Crippen MR) is 115 cm³/mol. The molecule has 0 aliphatic carbocycles. The summed E-state index contributed by atoms with van der Waals surface area (Å²) in [4.78, 5) is 15.0. The number of amides is 1. The number of benzene rings is 2. The van der Waals surface area contributed by atoms with Crippen LogP contribution in [0.1, 0.15) is 23.1 Å². The second-order valence-electron chi connectivity index (χ2n) is 7.86. The lowest BCUT2D eigenvalue weighted by atomic mass is 10.1. The standard InChI is InChI=1S/C23H25NO5S/c1-16-3-8-21-18(14-29-22(21)11-16)12-23(25)24(19-9-10-30(26,27)15-19)13-17-4-6-20(28-2)7-5-17/h3-8,11,14,19H,9-10,12-13,15H2,1-2H3/t19-/m1/s1. The number of furan rings is 1. The second kappa shape index (κ2) is 8.14. The summed E-state index contributed by atoms with van der Waals surface area (Å²) in [5, 5.41) is 0.914. The Morgan fingerprint density at radius 1 is 1.20 bits per heavy atom. The summed E-state index contributed by atoms with van der Waals surface area (Å²) in [6.07, 6.45) is 2.26. The lowest BCUT2D eigenvalue weighted by Crippen LogP contribution is -2.41. The number of methoxy groups -OCH3 is 1. The van der Waals surface area contributed by atoms with Crippen molar-refractivity contribution in [2.45, 2.75) is 32.4 Å². The molecule has 0 radical (unpaired) electrons. The van der Waals surface area contributed by atoms with Crippen LogP contribution in [-0.4, -0.2) is 43.9 Å². The molecule has 7 heteroatoms. The van der Waals surface area contributed by atoms with E-state index in [9.17, 15) is 13.2 Å². The van der Waals surface area contributed by atoms with Gasteiger partial charge in [0.25, 0.3) is 0 Å². The Balaban J connectivity index is 1.59. The lowest BCUT2D eigenvalue weighted by molar-refractivity contribution is -0.133. The third-order valence-electron chi connectivity index (χ3n) is 5.63. The van der Waals surface area contributed by atoms with Crippen molar-refractivity contribution in [3.63, 3.8) is 0 Å². The number of nitrogens with zero attached hydrogens (tertiary/aromatic N) is 1. The lowest BCUT2D eigenvalue weighted by Gasteiger charge is -2.28. The third kappa shape index (κ3) is 4.36. The summed E-state index contributed by atoms with van der Waals surface area (Å²) in [6.45, 7) is 2.35. The maximum absolute atomic E-state index is 13.3. The summed E-state index contributed by atoms with van der Waals surface area (Å²) in [6, 6.07) is 13.1. The Kier molecular flexibility index (Phi) is 5.56. The van der Waals surface area contributed by atoms with Crippen LogP contribution in [0.25, 0.3) is 11.0 Å². The van der Waals surface area contributed by atoms with Crippen LogP contribution in [0.2, 0.25) is 0 Å². The molecule has 1 fully saturated rings. The minimum atomic E-state index is -3.11. The van der Waals surface area contributed by atoms with E-state index in [0.717, 1.165) is 33.4 Å². The maximum Gasteiger partial charge on any atom is 0.227 e. The van der Waals surface area contributed by atoms with Crippen molar-refractivity contribution in [3.8, 4) is 5.75 Å². The quantitative estimate of drug-likeness (QED) is 0.602. The third-order valence-corrected chi connectivity index (χ3v) is 7.38. The molecular formula is C23H25NO5S. The Morgan fingerprint density at radius 2 is 1.97 bits per heavy atom. The number of sulfone groups is 1. The molecule has 1 aliphatic rings. The summed E-state index contributed by atoms with van der Waals surface area (Å²) in [5.74, 6) is 0.773. The topological polar surface area (TPSA) is 76.8 Å². The Labute approximate surface area is 176 Å². The Morgan fingerprint density at radius 3 is 2.63 bits per heavy atom. The summed E-state index contributed by atoms with van der Waals surface area (Å²) < 4.78 is 34.9. The number of ether oxygens (including phenoxy) is 1. The highest BCUT2D eigenvalue weighted by molar-refractivity contribution is 7.91. The van der Waals surface area contributed by atoms with Crippen LogP contribution in [0.4, 0.5) is 0 Å². The molecule has 0 bridgehead atoms. The van der Waals surface area contributed by atoms with Crippen LogP contribution in [0.5, 0.6) is 5.75 Å². The highest BCUT2D eigenvalue weighted by atomic mass is 32.2. The molecule has 1 amide bonds. The number of carbonyl (C=O) groups is 1. The molecule has 2 heterocycles. The van der Waals surface area contributed by atoms with Crippen LogP contribution < -0.4 is 4.74 Å². The van der Waals surface area contributed by atoms with Crippen molar-refractivity contribution in [2.24, 2.45) is 0 Å². The van der Waals surface area contributed by atoms with E-state index in [2.05, 4.69) is 0 Å². The number of aryl methyl sites for hydroxylation is 1. The molecule has 3 aromatic rings. The van der Waals surface area contributed by atoms with Crippen molar-refractivity contribution in [1.82, 2.24) is 4.90 Å². The van der Waals surface area contributed by atoms with Crippen LogP contribution in [0.3, 0.4) is 0 Å². The van der Waals surface area contributed by atoms with Crippen molar-refractivity contribution in [2.75, 3.05) is 18.6 Å². The molecule has 2 aromatic carbocycles. The highest BCUT2D eigenvalue weighted by Crippen LogP contribution is 2.26. The largest absolute Gasteiger partial charge is 0.497 e. The fraction of sp³-hybridized carbons (Fsp3) is 0.348.